The molecular weight excluding hydrogens is 175 g/mol. The lowest BCUT2D eigenvalue weighted by molar-refractivity contribution is 0.575. The minimum atomic E-state index is -0.0696. The molecule has 0 heterocycles. The van der Waals surface area contributed by atoms with Crippen molar-refractivity contribution in [2.24, 2.45) is 0 Å². The predicted octanol–water partition coefficient (Wildman–Crippen LogP) is 4.08. The number of hydrogen-bond donors (Lipinski definition) is 0. The van der Waals surface area contributed by atoms with Crippen LogP contribution in [0.2, 0.25) is 0 Å². The first-order chi connectivity index (χ1) is 6.45. The van der Waals surface area contributed by atoms with Crippen molar-refractivity contribution in [3.05, 3.63) is 35.1 Å². The molecule has 0 atom stereocenters. The number of hydrogen-bond acceptors (Lipinski definition) is 0. The van der Waals surface area contributed by atoms with E-state index in [4.69, 9.17) is 0 Å². The number of benzene rings is 1. The fourth-order valence-electron chi connectivity index (χ4n) is 1.50. The molecule has 1 rings (SSSR count). The van der Waals surface area contributed by atoms with Crippen molar-refractivity contribution < 1.29 is 4.39 Å². The van der Waals surface area contributed by atoms with Gasteiger partial charge in [-0.1, -0.05) is 46.2 Å². The normalized spacial score (nSPS) is 11.8. The maximum absolute atomic E-state index is 13.3. The Bertz CT molecular complexity index is 308. The van der Waals surface area contributed by atoms with Crippen molar-refractivity contribution in [2.45, 2.75) is 46.0 Å². The van der Waals surface area contributed by atoms with Crippen LogP contribution in [-0.4, -0.2) is 0 Å². The van der Waals surface area contributed by atoms with E-state index < -0.39 is 0 Å². The zero-order valence-corrected chi connectivity index (χ0v) is 9.52. The van der Waals surface area contributed by atoms with Crippen LogP contribution in [0.15, 0.2) is 18.2 Å². The molecule has 0 saturated heterocycles. The van der Waals surface area contributed by atoms with Gasteiger partial charge in [0.05, 0.1) is 0 Å². The van der Waals surface area contributed by atoms with Crippen molar-refractivity contribution in [1.82, 2.24) is 0 Å². The van der Waals surface area contributed by atoms with Gasteiger partial charge in [-0.2, -0.15) is 0 Å². The Morgan fingerprint density at radius 1 is 1.21 bits per heavy atom. The van der Waals surface area contributed by atoms with E-state index in [0.717, 1.165) is 18.4 Å². The van der Waals surface area contributed by atoms with Gasteiger partial charge in [-0.05, 0) is 29.0 Å². The third kappa shape index (κ3) is 2.57. The molecule has 0 bridgehead atoms. The monoisotopic (exact) mass is 194 g/mol. The van der Waals surface area contributed by atoms with E-state index in [1.807, 2.05) is 12.1 Å². The molecule has 0 amide bonds. The lowest BCUT2D eigenvalue weighted by Crippen LogP contribution is -2.11. The fraction of sp³-hybridized carbons (Fsp3) is 0.538. The Kier molecular flexibility index (Phi) is 3.30. The highest BCUT2D eigenvalue weighted by Gasteiger charge is 2.15. The van der Waals surface area contributed by atoms with Crippen LogP contribution in [0.4, 0.5) is 4.39 Å². The second-order valence-electron chi connectivity index (χ2n) is 4.81. The molecule has 1 aromatic rings. The summed E-state index contributed by atoms with van der Waals surface area (Å²) in [6, 6.07) is 5.47. The molecule has 1 heteroatoms. The molecule has 0 spiro atoms. The second kappa shape index (κ2) is 4.12. The molecule has 0 nitrogen and oxygen atoms in total. The first-order valence-corrected chi connectivity index (χ1v) is 5.24. The van der Waals surface area contributed by atoms with E-state index in [1.54, 1.807) is 6.07 Å². The minimum Gasteiger partial charge on any atom is -0.207 e. The standard InChI is InChI=1S/C13H19F/c1-5-6-10-9-11(13(2,3)4)7-8-12(10)14/h7-9H,5-6H2,1-4H3. The largest absolute Gasteiger partial charge is 0.207 e. The number of rotatable bonds is 2. The van der Waals surface area contributed by atoms with Gasteiger partial charge in [-0.3, -0.25) is 0 Å². The van der Waals surface area contributed by atoms with Crippen LogP contribution < -0.4 is 0 Å². The molecule has 78 valence electrons. The Labute approximate surface area is 86.2 Å². The van der Waals surface area contributed by atoms with Gasteiger partial charge in [0.25, 0.3) is 0 Å². The molecule has 0 fully saturated rings. The van der Waals surface area contributed by atoms with Gasteiger partial charge in [0.1, 0.15) is 5.82 Å². The summed E-state index contributed by atoms with van der Waals surface area (Å²) in [5.74, 6) is -0.0696. The van der Waals surface area contributed by atoms with Crippen molar-refractivity contribution in [2.75, 3.05) is 0 Å². The lowest BCUT2D eigenvalue weighted by Gasteiger charge is -2.20. The van der Waals surface area contributed by atoms with Crippen LogP contribution in [0, 0.1) is 5.82 Å². The van der Waals surface area contributed by atoms with E-state index >= 15 is 0 Å². The van der Waals surface area contributed by atoms with Crippen molar-refractivity contribution in [1.29, 1.82) is 0 Å². The predicted molar refractivity (Wildman–Crippen MR) is 59.1 cm³/mol. The summed E-state index contributed by atoms with van der Waals surface area (Å²) in [5, 5.41) is 0. The van der Waals surface area contributed by atoms with Crippen LogP contribution in [-0.2, 0) is 11.8 Å². The van der Waals surface area contributed by atoms with Crippen LogP contribution >= 0.6 is 0 Å². The van der Waals surface area contributed by atoms with Gasteiger partial charge in [0.2, 0.25) is 0 Å². The summed E-state index contributed by atoms with van der Waals surface area (Å²) in [6.45, 7) is 8.52. The van der Waals surface area contributed by atoms with Crippen LogP contribution in [0.5, 0.6) is 0 Å². The van der Waals surface area contributed by atoms with Gasteiger partial charge < -0.3 is 0 Å². The highest BCUT2D eigenvalue weighted by molar-refractivity contribution is 5.29. The van der Waals surface area contributed by atoms with Crippen LogP contribution in [0.1, 0.15) is 45.2 Å². The lowest BCUT2D eigenvalue weighted by atomic mass is 9.86. The van der Waals surface area contributed by atoms with E-state index in [9.17, 15) is 4.39 Å². The molecular formula is C13H19F. The van der Waals surface area contributed by atoms with Gasteiger partial charge >= 0.3 is 0 Å². The molecule has 1 aromatic carbocycles. The number of aryl methyl sites for hydroxylation is 1. The molecule has 0 aliphatic carbocycles. The van der Waals surface area contributed by atoms with Crippen molar-refractivity contribution in [3.8, 4) is 0 Å². The molecule has 0 saturated carbocycles. The Morgan fingerprint density at radius 2 is 1.86 bits per heavy atom. The molecule has 0 radical (unpaired) electrons. The van der Waals surface area contributed by atoms with E-state index in [0.29, 0.717) is 0 Å². The minimum absolute atomic E-state index is 0.0696. The van der Waals surface area contributed by atoms with Crippen molar-refractivity contribution >= 4 is 0 Å². The zero-order valence-electron chi connectivity index (χ0n) is 9.52. The molecule has 0 aliphatic rings. The Hall–Kier alpha value is -0.850. The zero-order chi connectivity index (χ0) is 10.8. The van der Waals surface area contributed by atoms with Gasteiger partial charge in [-0.15, -0.1) is 0 Å². The average molecular weight is 194 g/mol. The first kappa shape index (κ1) is 11.2. The highest BCUT2D eigenvalue weighted by atomic mass is 19.1. The van der Waals surface area contributed by atoms with E-state index in [1.165, 1.54) is 5.56 Å². The third-order valence-corrected chi connectivity index (χ3v) is 2.43. The van der Waals surface area contributed by atoms with Crippen LogP contribution in [0.25, 0.3) is 0 Å². The molecule has 0 aliphatic heterocycles. The smallest absolute Gasteiger partial charge is 0.126 e. The van der Waals surface area contributed by atoms with Crippen LogP contribution in [0.3, 0.4) is 0 Å². The molecule has 0 unspecified atom stereocenters. The summed E-state index contributed by atoms with van der Waals surface area (Å²) < 4.78 is 13.3. The molecule has 14 heavy (non-hydrogen) atoms. The SMILES string of the molecule is CCCc1cc(C(C)(C)C)ccc1F. The maximum atomic E-state index is 13.3. The summed E-state index contributed by atoms with van der Waals surface area (Å²) in [4.78, 5) is 0. The third-order valence-electron chi connectivity index (χ3n) is 2.43. The van der Waals surface area contributed by atoms with Crippen molar-refractivity contribution in [3.63, 3.8) is 0 Å². The Balaban J connectivity index is 3.06. The topological polar surface area (TPSA) is 0 Å². The summed E-state index contributed by atoms with van der Waals surface area (Å²) in [7, 11) is 0. The van der Waals surface area contributed by atoms with E-state index in [2.05, 4.69) is 27.7 Å². The summed E-state index contributed by atoms with van der Waals surface area (Å²) in [5.41, 5.74) is 2.16. The fourth-order valence-corrected chi connectivity index (χ4v) is 1.50. The molecule has 0 N–H and O–H groups in total. The maximum Gasteiger partial charge on any atom is 0.126 e. The highest BCUT2D eigenvalue weighted by Crippen LogP contribution is 2.24. The molecule has 0 aromatic heterocycles. The first-order valence-electron chi connectivity index (χ1n) is 5.24. The summed E-state index contributed by atoms with van der Waals surface area (Å²) in [6.07, 6.45) is 1.82. The Morgan fingerprint density at radius 3 is 2.36 bits per heavy atom. The number of halogens is 1. The van der Waals surface area contributed by atoms with Gasteiger partial charge in [0.15, 0.2) is 0 Å². The van der Waals surface area contributed by atoms with Gasteiger partial charge in [-0.25, -0.2) is 4.39 Å². The quantitative estimate of drug-likeness (QED) is 0.665. The summed E-state index contributed by atoms with van der Waals surface area (Å²) >= 11 is 0. The van der Waals surface area contributed by atoms with Gasteiger partial charge in [0, 0.05) is 0 Å². The van der Waals surface area contributed by atoms with E-state index in [-0.39, 0.29) is 11.2 Å². The average Bonchev–Trinajstić information content (AvgIpc) is 2.07. The second-order valence-corrected chi connectivity index (χ2v) is 4.81.